The number of carboxylic acid groups (broad SMARTS) is 1. The van der Waals surface area contributed by atoms with E-state index in [9.17, 15) is 24.3 Å². The minimum absolute atomic E-state index is 0.0613. The molecule has 0 radical (unpaired) electrons. The predicted octanol–water partition coefficient (Wildman–Crippen LogP) is 1.30. The highest BCUT2D eigenvalue weighted by molar-refractivity contribution is 5.94. The number of likely N-dealkylation sites (tertiary alicyclic amines) is 1. The average molecular weight is 475 g/mol. The Morgan fingerprint density at radius 3 is 2.26 bits per heavy atom. The lowest BCUT2D eigenvalue weighted by atomic mass is 10.0. The van der Waals surface area contributed by atoms with Crippen molar-refractivity contribution in [3.63, 3.8) is 0 Å². The van der Waals surface area contributed by atoms with Crippen LogP contribution in [-0.2, 0) is 25.6 Å². The summed E-state index contributed by atoms with van der Waals surface area (Å²) in [7, 11) is 0. The quantitative estimate of drug-likeness (QED) is 0.381. The molecule has 1 aliphatic heterocycles. The number of aliphatic carboxylic acids is 1. The first-order chi connectivity index (χ1) is 16.0. The van der Waals surface area contributed by atoms with Gasteiger partial charge in [-0.25, -0.2) is 4.79 Å². The van der Waals surface area contributed by atoms with Gasteiger partial charge in [0.05, 0.1) is 6.04 Å². The van der Waals surface area contributed by atoms with E-state index in [-0.39, 0.29) is 24.2 Å². The first-order valence-corrected chi connectivity index (χ1v) is 11.9. The first kappa shape index (κ1) is 27.3. The van der Waals surface area contributed by atoms with Gasteiger partial charge >= 0.3 is 5.97 Å². The Hall–Kier alpha value is -2.94. The highest BCUT2D eigenvalue weighted by Crippen LogP contribution is 2.20. The molecule has 2 rings (SSSR count). The SMILES string of the molecule is CC(C)CC(NC(=O)C1CCCN1C(=O)C(N)C(C)C)C(=O)NC(Cc1ccccc1)C(=O)O. The van der Waals surface area contributed by atoms with Crippen molar-refractivity contribution >= 4 is 23.7 Å². The molecule has 34 heavy (non-hydrogen) atoms. The summed E-state index contributed by atoms with van der Waals surface area (Å²) in [5.74, 6) is -2.39. The zero-order chi connectivity index (χ0) is 25.4. The lowest BCUT2D eigenvalue weighted by Crippen LogP contribution is -2.57. The fourth-order valence-corrected chi connectivity index (χ4v) is 4.07. The fourth-order valence-electron chi connectivity index (χ4n) is 4.07. The predicted molar refractivity (Wildman–Crippen MR) is 129 cm³/mol. The Morgan fingerprint density at radius 1 is 1.06 bits per heavy atom. The number of nitrogens with one attached hydrogen (secondary N) is 2. The number of carbonyl (C=O) groups is 4. The van der Waals surface area contributed by atoms with Crippen LogP contribution >= 0.6 is 0 Å². The van der Waals surface area contributed by atoms with Crippen molar-refractivity contribution in [1.29, 1.82) is 0 Å². The van der Waals surface area contributed by atoms with Gasteiger partial charge in [-0.05, 0) is 36.7 Å². The van der Waals surface area contributed by atoms with E-state index in [1.165, 1.54) is 4.90 Å². The number of hydrogen-bond donors (Lipinski definition) is 4. The average Bonchev–Trinajstić information content (AvgIpc) is 3.27. The summed E-state index contributed by atoms with van der Waals surface area (Å²) in [6, 6.07) is 5.59. The molecule has 1 saturated heterocycles. The summed E-state index contributed by atoms with van der Waals surface area (Å²) in [5.41, 5.74) is 6.80. The lowest BCUT2D eigenvalue weighted by molar-refractivity contribution is -0.143. The molecular weight excluding hydrogens is 436 g/mol. The van der Waals surface area contributed by atoms with E-state index < -0.39 is 42.0 Å². The molecule has 0 saturated carbocycles. The van der Waals surface area contributed by atoms with Crippen LogP contribution in [0, 0.1) is 11.8 Å². The second-order valence-corrected chi connectivity index (χ2v) is 9.74. The van der Waals surface area contributed by atoms with E-state index >= 15 is 0 Å². The Kier molecular flexibility index (Phi) is 10.0. The molecule has 1 fully saturated rings. The van der Waals surface area contributed by atoms with Gasteiger partial charge in [0.1, 0.15) is 18.1 Å². The second-order valence-electron chi connectivity index (χ2n) is 9.74. The highest BCUT2D eigenvalue weighted by atomic mass is 16.4. The summed E-state index contributed by atoms with van der Waals surface area (Å²) in [6.45, 7) is 7.98. The third kappa shape index (κ3) is 7.55. The summed E-state index contributed by atoms with van der Waals surface area (Å²) < 4.78 is 0. The molecule has 1 aromatic carbocycles. The van der Waals surface area contributed by atoms with E-state index in [0.717, 1.165) is 5.56 Å². The van der Waals surface area contributed by atoms with Crippen molar-refractivity contribution in [3.05, 3.63) is 35.9 Å². The van der Waals surface area contributed by atoms with Crippen LogP contribution in [0.2, 0.25) is 0 Å². The summed E-state index contributed by atoms with van der Waals surface area (Å²) in [5, 5.41) is 15.0. The molecule has 5 N–H and O–H groups in total. The maximum Gasteiger partial charge on any atom is 0.326 e. The Labute approximate surface area is 201 Å². The van der Waals surface area contributed by atoms with Gasteiger partial charge in [0.25, 0.3) is 0 Å². The molecule has 9 nitrogen and oxygen atoms in total. The third-order valence-electron chi connectivity index (χ3n) is 6.08. The zero-order valence-electron chi connectivity index (χ0n) is 20.5. The zero-order valence-corrected chi connectivity index (χ0v) is 20.5. The Morgan fingerprint density at radius 2 is 1.71 bits per heavy atom. The molecule has 4 atom stereocenters. The molecule has 3 amide bonds. The van der Waals surface area contributed by atoms with E-state index in [1.54, 1.807) is 24.3 Å². The third-order valence-corrected chi connectivity index (χ3v) is 6.08. The Bertz CT molecular complexity index is 858. The molecule has 1 aliphatic rings. The smallest absolute Gasteiger partial charge is 0.326 e. The number of carboxylic acids is 1. The molecular formula is C25H38N4O5. The van der Waals surface area contributed by atoms with Crippen LogP contribution in [0.25, 0.3) is 0 Å². The van der Waals surface area contributed by atoms with E-state index in [0.29, 0.717) is 25.8 Å². The number of carbonyl (C=O) groups excluding carboxylic acids is 3. The fraction of sp³-hybridized carbons (Fsp3) is 0.600. The molecule has 0 spiro atoms. The van der Waals surface area contributed by atoms with Gasteiger partial charge in [-0.1, -0.05) is 58.0 Å². The van der Waals surface area contributed by atoms with Gasteiger partial charge in [0, 0.05) is 13.0 Å². The van der Waals surface area contributed by atoms with Crippen LogP contribution in [0.15, 0.2) is 30.3 Å². The summed E-state index contributed by atoms with van der Waals surface area (Å²) in [4.78, 5) is 52.2. The topological polar surface area (TPSA) is 142 Å². The lowest BCUT2D eigenvalue weighted by Gasteiger charge is -2.30. The van der Waals surface area contributed by atoms with Crippen LogP contribution in [0.1, 0.15) is 52.5 Å². The Balaban J connectivity index is 2.11. The molecule has 0 aliphatic carbocycles. The van der Waals surface area contributed by atoms with Gasteiger partial charge in [0.2, 0.25) is 17.7 Å². The standard InChI is InChI=1S/C25H38N4O5/c1-15(2)13-18(22(30)28-19(25(33)34)14-17-9-6-5-7-10-17)27-23(31)20-11-8-12-29(20)24(32)21(26)16(3)4/h5-7,9-10,15-16,18-21H,8,11-14,26H2,1-4H3,(H,27,31)(H,28,30)(H,33,34). The van der Waals surface area contributed by atoms with Crippen molar-refractivity contribution in [2.45, 2.75) is 77.5 Å². The molecule has 9 heteroatoms. The van der Waals surface area contributed by atoms with Crippen molar-refractivity contribution in [3.8, 4) is 0 Å². The highest BCUT2D eigenvalue weighted by Gasteiger charge is 2.38. The van der Waals surface area contributed by atoms with Crippen LogP contribution < -0.4 is 16.4 Å². The minimum atomic E-state index is -1.15. The number of amides is 3. The second kappa shape index (κ2) is 12.5. The molecule has 0 bridgehead atoms. The molecule has 188 valence electrons. The minimum Gasteiger partial charge on any atom is -0.480 e. The monoisotopic (exact) mass is 474 g/mol. The number of rotatable bonds is 11. The summed E-state index contributed by atoms with van der Waals surface area (Å²) >= 11 is 0. The van der Waals surface area contributed by atoms with Crippen molar-refractivity contribution < 1.29 is 24.3 Å². The van der Waals surface area contributed by atoms with Gasteiger partial charge in [-0.2, -0.15) is 0 Å². The van der Waals surface area contributed by atoms with Crippen molar-refractivity contribution in [2.75, 3.05) is 6.54 Å². The largest absolute Gasteiger partial charge is 0.480 e. The van der Waals surface area contributed by atoms with Gasteiger partial charge in [-0.3, -0.25) is 14.4 Å². The van der Waals surface area contributed by atoms with Crippen LogP contribution in [0.4, 0.5) is 0 Å². The van der Waals surface area contributed by atoms with Crippen molar-refractivity contribution in [2.24, 2.45) is 17.6 Å². The maximum atomic E-state index is 13.1. The van der Waals surface area contributed by atoms with E-state index in [1.807, 2.05) is 33.8 Å². The van der Waals surface area contributed by atoms with Crippen LogP contribution in [0.3, 0.4) is 0 Å². The van der Waals surface area contributed by atoms with Crippen LogP contribution in [-0.4, -0.2) is 64.4 Å². The molecule has 1 heterocycles. The summed E-state index contributed by atoms with van der Waals surface area (Å²) in [6.07, 6.45) is 1.63. The number of hydrogen-bond acceptors (Lipinski definition) is 5. The van der Waals surface area contributed by atoms with E-state index in [2.05, 4.69) is 10.6 Å². The maximum absolute atomic E-state index is 13.1. The number of nitrogens with two attached hydrogens (primary N) is 1. The number of nitrogens with zero attached hydrogens (tertiary/aromatic N) is 1. The van der Waals surface area contributed by atoms with E-state index in [4.69, 9.17) is 5.73 Å². The van der Waals surface area contributed by atoms with Gasteiger partial charge < -0.3 is 26.4 Å². The molecule has 1 aromatic rings. The normalized spacial score (nSPS) is 18.4. The molecule has 4 unspecified atom stereocenters. The van der Waals surface area contributed by atoms with Crippen LogP contribution in [0.5, 0.6) is 0 Å². The van der Waals surface area contributed by atoms with Gasteiger partial charge in [0.15, 0.2) is 0 Å². The first-order valence-electron chi connectivity index (χ1n) is 11.9. The van der Waals surface area contributed by atoms with Crippen molar-refractivity contribution in [1.82, 2.24) is 15.5 Å². The number of benzene rings is 1. The molecule has 0 aromatic heterocycles. The van der Waals surface area contributed by atoms with Gasteiger partial charge in [-0.15, -0.1) is 0 Å².